The fraction of sp³-hybridized carbons (Fsp3) is 0.278. The normalized spacial score (nSPS) is 19.5. The fourth-order valence-electron chi connectivity index (χ4n) is 2.97. The van der Waals surface area contributed by atoms with Crippen LogP contribution in [0.15, 0.2) is 36.5 Å². The number of ketones is 1. The molecule has 1 aromatic heterocycles. The molecule has 0 saturated heterocycles. The van der Waals surface area contributed by atoms with E-state index in [0.717, 1.165) is 12.1 Å². The predicted molar refractivity (Wildman–Crippen MR) is 88.9 cm³/mol. The van der Waals surface area contributed by atoms with Gasteiger partial charge in [0.05, 0.1) is 10.6 Å². The molecule has 1 heterocycles. The fourth-order valence-corrected chi connectivity index (χ4v) is 3.27. The maximum absolute atomic E-state index is 15.4. The molecule has 1 amide bonds. The number of carbonyl (C=O) groups is 2. The zero-order chi connectivity index (χ0) is 19.8. The van der Waals surface area contributed by atoms with E-state index in [1.54, 1.807) is 0 Å². The SMILES string of the molecule is O=C1CC[C@@](F)(C(=O)NCc2cccc(C(F)(F)F)c2Cl)c2cccnc21. The first-order valence-corrected chi connectivity index (χ1v) is 8.33. The second-order valence-electron chi connectivity index (χ2n) is 6.08. The van der Waals surface area contributed by atoms with Crippen molar-refractivity contribution in [2.45, 2.75) is 31.2 Å². The molecule has 0 spiro atoms. The largest absolute Gasteiger partial charge is 0.417 e. The third-order valence-electron chi connectivity index (χ3n) is 4.38. The highest BCUT2D eigenvalue weighted by Crippen LogP contribution is 2.39. The van der Waals surface area contributed by atoms with Crippen LogP contribution in [0.4, 0.5) is 17.6 Å². The van der Waals surface area contributed by atoms with Crippen LogP contribution in [0.5, 0.6) is 0 Å². The summed E-state index contributed by atoms with van der Waals surface area (Å²) >= 11 is 5.78. The van der Waals surface area contributed by atoms with Crippen molar-refractivity contribution >= 4 is 23.3 Å². The second kappa shape index (κ2) is 6.92. The van der Waals surface area contributed by atoms with Crippen LogP contribution in [0.1, 0.15) is 40.0 Å². The smallest absolute Gasteiger partial charge is 0.349 e. The Bertz CT molecular complexity index is 916. The van der Waals surface area contributed by atoms with E-state index in [1.165, 1.54) is 24.4 Å². The van der Waals surface area contributed by atoms with E-state index < -0.39 is 34.9 Å². The average molecular weight is 401 g/mol. The van der Waals surface area contributed by atoms with Crippen LogP contribution in [-0.2, 0) is 23.2 Å². The van der Waals surface area contributed by atoms with E-state index >= 15 is 4.39 Å². The van der Waals surface area contributed by atoms with Crippen LogP contribution >= 0.6 is 11.6 Å². The monoisotopic (exact) mass is 400 g/mol. The molecule has 0 fully saturated rings. The van der Waals surface area contributed by atoms with Gasteiger partial charge in [0.15, 0.2) is 5.78 Å². The first-order chi connectivity index (χ1) is 12.6. The average Bonchev–Trinajstić information content (AvgIpc) is 2.63. The summed E-state index contributed by atoms with van der Waals surface area (Å²) in [5.41, 5.74) is -3.79. The number of amides is 1. The number of alkyl halides is 4. The number of hydrogen-bond acceptors (Lipinski definition) is 3. The molecule has 1 aromatic carbocycles. The van der Waals surface area contributed by atoms with E-state index in [1.807, 2.05) is 0 Å². The van der Waals surface area contributed by atoms with Crippen LogP contribution in [0.2, 0.25) is 5.02 Å². The van der Waals surface area contributed by atoms with Gasteiger partial charge in [0, 0.05) is 31.1 Å². The van der Waals surface area contributed by atoms with E-state index in [4.69, 9.17) is 11.6 Å². The molecule has 1 aliphatic rings. The Balaban J connectivity index is 1.83. The van der Waals surface area contributed by atoms with Gasteiger partial charge in [0.2, 0.25) is 5.67 Å². The number of hydrogen-bond donors (Lipinski definition) is 1. The highest BCUT2D eigenvalue weighted by molar-refractivity contribution is 6.32. The minimum absolute atomic E-state index is 0.00161. The minimum Gasteiger partial charge on any atom is -0.349 e. The summed E-state index contributed by atoms with van der Waals surface area (Å²) in [6.07, 6.45) is -3.89. The lowest BCUT2D eigenvalue weighted by Gasteiger charge is -2.29. The minimum atomic E-state index is -4.65. The Morgan fingerprint density at radius 2 is 2.00 bits per heavy atom. The molecule has 0 unspecified atom stereocenters. The molecule has 0 aliphatic heterocycles. The lowest BCUT2D eigenvalue weighted by molar-refractivity contribution is -0.137. The molecule has 27 heavy (non-hydrogen) atoms. The predicted octanol–water partition coefficient (Wildman–Crippen LogP) is 4.21. The maximum atomic E-state index is 15.4. The topological polar surface area (TPSA) is 59.1 Å². The van der Waals surface area contributed by atoms with Gasteiger partial charge in [-0.25, -0.2) is 4.39 Å². The van der Waals surface area contributed by atoms with E-state index in [0.29, 0.717) is 0 Å². The van der Waals surface area contributed by atoms with Gasteiger partial charge in [-0.15, -0.1) is 0 Å². The van der Waals surface area contributed by atoms with Gasteiger partial charge >= 0.3 is 6.18 Å². The third kappa shape index (κ3) is 3.53. The number of rotatable bonds is 3. The summed E-state index contributed by atoms with van der Waals surface area (Å²) in [7, 11) is 0. The molecule has 0 bridgehead atoms. The summed E-state index contributed by atoms with van der Waals surface area (Å²) in [6.45, 7) is -0.392. The number of aromatic nitrogens is 1. The molecule has 142 valence electrons. The van der Waals surface area contributed by atoms with Gasteiger partial charge in [0.25, 0.3) is 5.91 Å². The zero-order valence-corrected chi connectivity index (χ0v) is 14.5. The standard InChI is InChI=1S/C18H13ClF4N2O2/c19-14-10(3-1-4-11(14)18(21,22)23)9-25-16(27)17(20)7-6-13(26)15-12(17)5-2-8-24-15/h1-5,8H,6-7,9H2,(H,25,27)/t17-/m0/s1. The third-order valence-corrected chi connectivity index (χ3v) is 4.83. The van der Waals surface area contributed by atoms with Crippen LogP contribution in [0, 0.1) is 0 Å². The van der Waals surface area contributed by atoms with Crippen molar-refractivity contribution < 1.29 is 27.2 Å². The summed E-state index contributed by atoms with van der Waals surface area (Å²) < 4.78 is 54.1. The van der Waals surface area contributed by atoms with Crippen LogP contribution in [0.3, 0.4) is 0 Å². The summed E-state index contributed by atoms with van der Waals surface area (Å²) in [5, 5.41) is 1.72. The molecular weight excluding hydrogens is 388 g/mol. The van der Waals surface area contributed by atoms with Crippen molar-refractivity contribution in [1.29, 1.82) is 0 Å². The van der Waals surface area contributed by atoms with Crippen LogP contribution < -0.4 is 5.32 Å². The van der Waals surface area contributed by atoms with E-state index in [9.17, 15) is 22.8 Å². The summed E-state index contributed by atoms with van der Waals surface area (Å²) in [6, 6.07) is 5.99. The lowest BCUT2D eigenvalue weighted by Crippen LogP contribution is -2.44. The summed E-state index contributed by atoms with van der Waals surface area (Å²) in [5.74, 6) is -1.43. The lowest BCUT2D eigenvalue weighted by atomic mass is 9.81. The van der Waals surface area contributed by atoms with Crippen molar-refractivity contribution in [3.8, 4) is 0 Å². The molecule has 1 N–H and O–H groups in total. The van der Waals surface area contributed by atoms with E-state index in [-0.39, 0.29) is 35.4 Å². The molecule has 9 heteroatoms. The molecule has 1 atom stereocenters. The van der Waals surface area contributed by atoms with Crippen molar-refractivity contribution in [2.24, 2.45) is 0 Å². The molecule has 0 saturated carbocycles. The molecule has 4 nitrogen and oxygen atoms in total. The van der Waals surface area contributed by atoms with Gasteiger partial charge in [-0.1, -0.05) is 29.8 Å². The Hall–Kier alpha value is -2.48. The molecule has 0 radical (unpaired) electrons. The molecule has 2 aromatic rings. The van der Waals surface area contributed by atoms with Crippen molar-refractivity contribution in [2.75, 3.05) is 0 Å². The maximum Gasteiger partial charge on any atom is 0.417 e. The Morgan fingerprint density at radius 3 is 2.70 bits per heavy atom. The quantitative estimate of drug-likeness (QED) is 0.785. The number of carbonyl (C=O) groups excluding carboxylic acids is 2. The molecule has 1 aliphatic carbocycles. The number of benzene rings is 1. The Morgan fingerprint density at radius 1 is 1.26 bits per heavy atom. The van der Waals surface area contributed by atoms with Gasteiger partial charge < -0.3 is 5.32 Å². The Labute approximate surface area is 156 Å². The highest BCUT2D eigenvalue weighted by atomic mass is 35.5. The molecule has 3 rings (SSSR count). The zero-order valence-electron chi connectivity index (χ0n) is 13.7. The number of Topliss-reactive ketones (excluding diaryl/α,β-unsaturated/α-hetero) is 1. The summed E-state index contributed by atoms with van der Waals surface area (Å²) in [4.78, 5) is 28.2. The van der Waals surface area contributed by atoms with Crippen molar-refractivity contribution in [3.05, 3.63) is 63.9 Å². The van der Waals surface area contributed by atoms with Crippen LogP contribution in [0.25, 0.3) is 0 Å². The van der Waals surface area contributed by atoms with Gasteiger partial charge in [-0.05, 0) is 17.7 Å². The number of halogens is 5. The van der Waals surface area contributed by atoms with E-state index in [2.05, 4.69) is 10.3 Å². The van der Waals surface area contributed by atoms with Gasteiger partial charge in [-0.3, -0.25) is 14.6 Å². The molecular formula is C18H13ClF4N2O2. The first kappa shape index (κ1) is 19.3. The van der Waals surface area contributed by atoms with Gasteiger partial charge in [-0.2, -0.15) is 13.2 Å². The highest BCUT2D eigenvalue weighted by Gasteiger charge is 2.46. The van der Waals surface area contributed by atoms with Crippen molar-refractivity contribution in [3.63, 3.8) is 0 Å². The second-order valence-corrected chi connectivity index (χ2v) is 6.46. The number of pyridine rings is 1. The van der Waals surface area contributed by atoms with Crippen molar-refractivity contribution in [1.82, 2.24) is 10.3 Å². The number of fused-ring (bicyclic) bond motifs is 1. The Kier molecular flexibility index (Phi) is 4.94. The number of nitrogens with zero attached hydrogens (tertiary/aromatic N) is 1. The number of nitrogens with one attached hydrogen (secondary N) is 1. The van der Waals surface area contributed by atoms with Crippen LogP contribution in [-0.4, -0.2) is 16.7 Å². The first-order valence-electron chi connectivity index (χ1n) is 7.95. The van der Waals surface area contributed by atoms with Gasteiger partial charge in [0.1, 0.15) is 5.69 Å².